The zero-order valence-corrected chi connectivity index (χ0v) is 20.5. The first kappa shape index (κ1) is 25.0. The van der Waals surface area contributed by atoms with Gasteiger partial charge in [-0.2, -0.15) is 0 Å². The lowest BCUT2D eigenvalue weighted by molar-refractivity contribution is 0.317. The Kier molecular flexibility index (Phi) is 10.0. The van der Waals surface area contributed by atoms with Crippen LogP contribution in [0.4, 0.5) is 0 Å². The molecule has 0 aromatic heterocycles. The van der Waals surface area contributed by atoms with Crippen molar-refractivity contribution in [2.24, 2.45) is 4.99 Å². The van der Waals surface area contributed by atoms with Crippen LogP contribution >= 0.6 is 24.0 Å². The average Bonchev–Trinajstić information content (AvgIpc) is 2.62. The van der Waals surface area contributed by atoms with Gasteiger partial charge in [0, 0.05) is 26.2 Å². The molecule has 0 atom stereocenters. The summed E-state index contributed by atoms with van der Waals surface area (Å²) in [5, 5.41) is 3.30. The number of nitrogens with zero attached hydrogens (tertiary/aromatic N) is 2. The molecule has 1 aromatic rings. The highest BCUT2D eigenvalue weighted by Gasteiger charge is 2.40. The summed E-state index contributed by atoms with van der Waals surface area (Å²) in [4.78, 5) is 6.79. The maximum absolute atomic E-state index is 12.2. The maximum Gasteiger partial charge on any atom is 0.194 e. The molecule has 1 aliphatic heterocycles. The topological polar surface area (TPSA) is 71.0 Å². The molecule has 1 saturated heterocycles. The van der Waals surface area contributed by atoms with Gasteiger partial charge < -0.3 is 15.0 Å². The summed E-state index contributed by atoms with van der Waals surface area (Å²) >= 11 is 0. The van der Waals surface area contributed by atoms with Crippen molar-refractivity contribution < 1.29 is 13.2 Å². The minimum Gasteiger partial charge on any atom is -0.494 e. The van der Waals surface area contributed by atoms with Crippen LogP contribution in [0.1, 0.15) is 39.7 Å². The van der Waals surface area contributed by atoms with E-state index in [9.17, 15) is 8.42 Å². The largest absolute Gasteiger partial charge is 0.494 e. The van der Waals surface area contributed by atoms with Crippen molar-refractivity contribution in [3.63, 3.8) is 0 Å². The van der Waals surface area contributed by atoms with Crippen molar-refractivity contribution >= 4 is 39.8 Å². The number of guanidine groups is 1. The molecule has 0 spiro atoms. The summed E-state index contributed by atoms with van der Waals surface area (Å²) in [6.07, 6.45) is 1.80. The Hall–Kier alpha value is -1.03. The lowest BCUT2D eigenvalue weighted by Gasteiger charge is -2.39. The summed E-state index contributed by atoms with van der Waals surface area (Å²) < 4.78 is 29.4. The fraction of sp³-hybridized carbons (Fsp3) is 0.650. The number of halogens is 1. The van der Waals surface area contributed by atoms with Gasteiger partial charge in [0.25, 0.3) is 0 Å². The van der Waals surface area contributed by atoms with Crippen molar-refractivity contribution in [3.05, 3.63) is 29.8 Å². The van der Waals surface area contributed by atoms with Crippen molar-refractivity contribution in [1.29, 1.82) is 0 Å². The standard InChI is InChI=1S/C20H33N3O3S.HI/c1-5-13-26-18-9-7-8-17(15-18)10-11-22-19(21-6-2)23-12-14-27(24,25)20(3,4)16-23;/h7-9,15H,5-6,10-14,16H2,1-4H3,(H,21,22);1H. The Labute approximate surface area is 187 Å². The predicted octanol–water partition coefficient (Wildman–Crippen LogP) is 3.11. The number of ether oxygens (including phenoxy) is 1. The Morgan fingerprint density at radius 3 is 2.71 bits per heavy atom. The van der Waals surface area contributed by atoms with Crippen LogP contribution in [0.3, 0.4) is 0 Å². The molecule has 1 aromatic carbocycles. The fourth-order valence-corrected chi connectivity index (χ4v) is 4.42. The number of nitrogens with one attached hydrogen (secondary N) is 1. The van der Waals surface area contributed by atoms with E-state index in [-0.39, 0.29) is 29.7 Å². The number of benzene rings is 1. The molecule has 2 rings (SSSR count). The van der Waals surface area contributed by atoms with Crippen molar-refractivity contribution in [2.75, 3.05) is 38.5 Å². The molecule has 8 heteroatoms. The smallest absolute Gasteiger partial charge is 0.194 e. The normalized spacial score (nSPS) is 18.3. The molecule has 1 heterocycles. The van der Waals surface area contributed by atoms with Gasteiger partial charge in [0.2, 0.25) is 0 Å². The zero-order valence-electron chi connectivity index (χ0n) is 17.4. The molecular weight excluding hydrogens is 489 g/mol. The highest BCUT2D eigenvalue weighted by Crippen LogP contribution is 2.23. The monoisotopic (exact) mass is 523 g/mol. The maximum atomic E-state index is 12.2. The van der Waals surface area contributed by atoms with Crippen LogP contribution in [-0.2, 0) is 16.3 Å². The molecule has 0 radical (unpaired) electrons. The van der Waals surface area contributed by atoms with E-state index in [2.05, 4.69) is 29.3 Å². The molecular formula is C20H34IN3O3S. The highest BCUT2D eigenvalue weighted by molar-refractivity contribution is 14.0. The van der Waals surface area contributed by atoms with Crippen LogP contribution in [0.2, 0.25) is 0 Å². The molecule has 0 aliphatic carbocycles. The third-order valence-corrected chi connectivity index (χ3v) is 7.24. The van der Waals surface area contributed by atoms with Crippen molar-refractivity contribution in [1.82, 2.24) is 10.2 Å². The molecule has 160 valence electrons. The minimum atomic E-state index is -3.06. The van der Waals surface area contributed by atoms with E-state index in [1.165, 1.54) is 5.56 Å². The first-order valence-electron chi connectivity index (χ1n) is 9.76. The van der Waals surface area contributed by atoms with E-state index in [0.717, 1.165) is 37.7 Å². The van der Waals surface area contributed by atoms with Gasteiger partial charge in [-0.25, -0.2) is 8.42 Å². The quantitative estimate of drug-likeness (QED) is 0.338. The summed E-state index contributed by atoms with van der Waals surface area (Å²) in [6, 6.07) is 8.13. The van der Waals surface area contributed by atoms with Gasteiger partial charge in [0.1, 0.15) is 5.75 Å². The minimum absolute atomic E-state index is 0. The number of aliphatic imine (C=N–C) groups is 1. The van der Waals surface area contributed by atoms with Gasteiger partial charge in [0.15, 0.2) is 15.8 Å². The van der Waals surface area contributed by atoms with Gasteiger partial charge in [-0.05, 0) is 51.3 Å². The summed E-state index contributed by atoms with van der Waals surface area (Å²) in [6.45, 7) is 10.8. The second-order valence-corrected chi connectivity index (χ2v) is 10.2. The third kappa shape index (κ3) is 6.79. The Morgan fingerprint density at radius 2 is 2.07 bits per heavy atom. The van der Waals surface area contributed by atoms with Gasteiger partial charge >= 0.3 is 0 Å². The van der Waals surface area contributed by atoms with Crippen LogP contribution in [0.25, 0.3) is 0 Å². The highest BCUT2D eigenvalue weighted by atomic mass is 127. The molecule has 28 heavy (non-hydrogen) atoms. The summed E-state index contributed by atoms with van der Waals surface area (Å²) in [5.74, 6) is 1.86. The van der Waals surface area contributed by atoms with E-state index in [4.69, 9.17) is 9.73 Å². The zero-order chi connectivity index (χ0) is 19.9. The van der Waals surface area contributed by atoms with Crippen LogP contribution in [-0.4, -0.2) is 62.6 Å². The molecule has 0 amide bonds. The second-order valence-electron chi connectivity index (χ2n) is 7.48. The number of hydrogen-bond donors (Lipinski definition) is 1. The summed E-state index contributed by atoms with van der Waals surface area (Å²) in [7, 11) is -3.06. The fourth-order valence-electron chi connectivity index (χ4n) is 3.05. The van der Waals surface area contributed by atoms with E-state index in [1.807, 2.05) is 19.1 Å². The van der Waals surface area contributed by atoms with Crippen molar-refractivity contribution in [3.8, 4) is 5.75 Å². The average molecular weight is 523 g/mol. The third-order valence-electron chi connectivity index (χ3n) is 4.71. The van der Waals surface area contributed by atoms with Gasteiger partial charge in [0.05, 0.1) is 17.1 Å². The van der Waals surface area contributed by atoms with Gasteiger partial charge in [-0.3, -0.25) is 4.99 Å². The SMILES string of the molecule is CCCOc1cccc(CCN=C(NCC)N2CCS(=O)(=O)C(C)(C)C2)c1.I. The lowest BCUT2D eigenvalue weighted by Crippen LogP contribution is -2.57. The lowest BCUT2D eigenvalue weighted by atomic mass is 10.1. The molecule has 0 saturated carbocycles. The predicted molar refractivity (Wildman–Crippen MR) is 127 cm³/mol. The van der Waals surface area contributed by atoms with Crippen LogP contribution < -0.4 is 10.1 Å². The molecule has 1 aliphatic rings. The van der Waals surface area contributed by atoms with E-state index < -0.39 is 14.6 Å². The summed E-state index contributed by atoms with van der Waals surface area (Å²) in [5.41, 5.74) is 1.18. The van der Waals surface area contributed by atoms with E-state index in [0.29, 0.717) is 19.6 Å². The van der Waals surface area contributed by atoms with Crippen LogP contribution in [0.15, 0.2) is 29.3 Å². The van der Waals surface area contributed by atoms with E-state index in [1.54, 1.807) is 13.8 Å². The second kappa shape index (κ2) is 11.2. The number of sulfone groups is 1. The molecule has 0 unspecified atom stereocenters. The van der Waals surface area contributed by atoms with Crippen LogP contribution in [0, 0.1) is 0 Å². The Bertz CT molecular complexity index is 751. The number of rotatable bonds is 7. The first-order valence-corrected chi connectivity index (χ1v) is 11.4. The molecule has 6 nitrogen and oxygen atoms in total. The van der Waals surface area contributed by atoms with Gasteiger partial charge in [-0.1, -0.05) is 19.1 Å². The molecule has 1 N–H and O–H groups in total. The molecule has 0 bridgehead atoms. The van der Waals surface area contributed by atoms with E-state index >= 15 is 0 Å². The number of hydrogen-bond acceptors (Lipinski definition) is 4. The Balaban J connectivity index is 0.00000392. The van der Waals surface area contributed by atoms with Crippen LogP contribution in [0.5, 0.6) is 5.75 Å². The van der Waals surface area contributed by atoms with Crippen molar-refractivity contribution in [2.45, 2.75) is 45.3 Å². The molecule has 1 fully saturated rings. The Morgan fingerprint density at radius 1 is 1.32 bits per heavy atom. The van der Waals surface area contributed by atoms with Gasteiger partial charge in [-0.15, -0.1) is 24.0 Å². The first-order chi connectivity index (χ1) is 12.8.